The van der Waals surface area contributed by atoms with Crippen molar-refractivity contribution in [3.63, 3.8) is 0 Å². The normalized spacial score (nSPS) is 18.1. The highest BCUT2D eigenvalue weighted by molar-refractivity contribution is 5.93. The topological polar surface area (TPSA) is 75.2 Å². The van der Waals surface area contributed by atoms with E-state index in [9.17, 15) is 9.59 Å². The van der Waals surface area contributed by atoms with Gasteiger partial charge in [-0.05, 0) is 49.8 Å². The van der Waals surface area contributed by atoms with E-state index < -0.39 is 5.41 Å². The molecule has 1 N–H and O–H groups in total. The van der Waals surface area contributed by atoms with E-state index >= 15 is 0 Å². The number of benzene rings is 2. The summed E-state index contributed by atoms with van der Waals surface area (Å²) < 4.78 is 0. The van der Waals surface area contributed by atoms with Crippen molar-refractivity contribution >= 4 is 11.8 Å². The van der Waals surface area contributed by atoms with Crippen LogP contribution in [0.15, 0.2) is 67.1 Å². The highest BCUT2D eigenvalue weighted by Gasteiger charge is 2.43. The predicted molar refractivity (Wildman–Crippen MR) is 129 cm³/mol. The number of amides is 2. The lowest BCUT2D eigenvalue weighted by Crippen LogP contribution is -2.54. The molecule has 1 aliphatic rings. The van der Waals surface area contributed by atoms with Gasteiger partial charge in [-0.15, -0.1) is 0 Å². The summed E-state index contributed by atoms with van der Waals surface area (Å²) >= 11 is 0. The number of rotatable bonds is 6. The molecule has 1 atom stereocenters. The van der Waals surface area contributed by atoms with Crippen molar-refractivity contribution in [3.05, 3.63) is 83.9 Å². The zero-order valence-electron chi connectivity index (χ0n) is 19.3. The number of carbonyl (C=O) groups is 2. The number of piperidine rings is 1. The third kappa shape index (κ3) is 5.11. The first-order valence-corrected chi connectivity index (χ1v) is 11.5. The molecular formula is C27H30N4O2. The second kappa shape index (κ2) is 9.94. The highest BCUT2D eigenvalue weighted by Crippen LogP contribution is 2.35. The van der Waals surface area contributed by atoms with Gasteiger partial charge in [0.2, 0.25) is 5.91 Å². The first kappa shape index (κ1) is 22.6. The fraction of sp³-hybridized carbons (Fsp3) is 0.333. The smallest absolute Gasteiger partial charge is 0.274 e. The van der Waals surface area contributed by atoms with E-state index in [2.05, 4.69) is 70.7 Å². The number of aryl methyl sites for hydroxylation is 1. The summed E-state index contributed by atoms with van der Waals surface area (Å²) in [6.07, 6.45) is 6.63. The molecule has 6 heteroatoms. The van der Waals surface area contributed by atoms with Crippen molar-refractivity contribution in [2.45, 2.75) is 33.1 Å². The van der Waals surface area contributed by atoms with Crippen LogP contribution in [-0.4, -0.2) is 46.3 Å². The highest BCUT2D eigenvalue weighted by atomic mass is 16.2. The third-order valence-electron chi connectivity index (χ3n) is 6.35. The lowest BCUT2D eigenvalue weighted by Gasteiger charge is -2.41. The lowest BCUT2D eigenvalue weighted by atomic mass is 9.74. The zero-order chi connectivity index (χ0) is 23.3. The van der Waals surface area contributed by atoms with E-state index in [1.54, 1.807) is 11.1 Å². The summed E-state index contributed by atoms with van der Waals surface area (Å²) in [4.78, 5) is 36.2. The molecule has 1 aliphatic heterocycles. The molecule has 2 amide bonds. The predicted octanol–water partition coefficient (Wildman–Crippen LogP) is 4.05. The minimum Gasteiger partial charge on any atom is -0.356 e. The molecule has 6 nitrogen and oxygen atoms in total. The average Bonchev–Trinajstić information content (AvgIpc) is 2.85. The van der Waals surface area contributed by atoms with Crippen molar-refractivity contribution in [2.75, 3.05) is 19.6 Å². The fourth-order valence-corrected chi connectivity index (χ4v) is 4.59. The molecule has 4 rings (SSSR count). The van der Waals surface area contributed by atoms with E-state index in [1.807, 2.05) is 6.92 Å². The van der Waals surface area contributed by atoms with Gasteiger partial charge in [0.1, 0.15) is 5.69 Å². The minimum absolute atomic E-state index is 0.00394. The van der Waals surface area contributed by atoms with Gasteiger partial charge in [-0.3, -0.25) is 14.6 Å². The molecule has 0 radical (unpaired) electrons. The van der Waals surface area contributed by atoms with Crippen LogP contribution in [0.5, 0.6) is 0 Å². The molecule has 1 saturated heterocycles. The third-order valence-corrected chi connectivity index (χ3v) is 6.35. The van der Waals surface area contributed by atoms with Crippen LogP contribution < -0.4 is 5.32 Å². The van der Waals surface area contributed by atoms with E-state index in [-0.39, 0.29) is 11.8 Å². The number of aromatic nitrogens is 2. The fourth-order valence-electron chi connectivity index (χ4n) is 4.59. The van der Waals surface area contributed by atoms with Crippen LogP contribution in [0, 0.1) is 12.3 Å². The summed E-state index contributed by atoms with van der Waals surface area (Å²) in [5.41, 5.74) is 4.28. The number of hydrogen-bond donors (Lipinski definition) is 1. The Morgan fingerprint density at radius 3 is 2.36 bits per heavy atom. The second-order valence-electron chi connectivity index (χ2n) is 8.80. The molecule has 1 aromatic heterocycles. The van der Waals surface area contributed by atoms with Crippen LogP contribution in [0.2, 0.25) is 0 Å². The van der Waals surface area contributed by atoms with E-state index in [1.165, 1.54) is 23.5 Å². The molecule has 33 heavy (non-hydrogen) atoms. The molecule has 0 spiro atoms. The van der Waals surface area contributed by atoms with Gasteiger partial charge in [0.25, 0.3) is 5.91 Å². The maximum atomic E-state index is 13.3. The van der Waals surface area contributed by atoms with Gasteiger partial charge in [0.05, 0.1) is 11.6 Å². The van der Waals surface area contributed by atoms with Crippen LogP contribution in [0.25, 0.3) is 11.1 Å². The molecule has 1 fully saturated rings. The number of nitrogens with one attached hydrogen (secondary N) is 1. The summed E-state index contributed by atoms with van der Waals surface area (Å²) in [6, 6.07) is 16.9. The van der Waals surface area contributed by atoms with E-state index in [0.29, 0.717) is 31.7 Å². The van der Waals surface area contributed by atoms with Crippen LogP contribution in [0.1, 0.15) is 41.4 Å². The maximum absolute atomic E-state index is 13.3. The van der Waals surface area contributed by atoms with Crippen LogP contribution in [0.4, 0.5) is 0 Å². The standard InChI is InChI=1S/C27H30N4O2/c1-3-29-26(33)27(13-4-16-31(19-27)25(32)24-18-28-14-15-30-24)17-21-7-11-23(12-8-21)22-9-5-20(2)6-10-22/h5-12,14-15,18H,3-4,13,16-17,19H2,1-2H3,(H,29,33)/t27-/m1/s1. The van der Waals surface area contributed by atoms with Crippen LogP contribution in [0.3, 0.4) is 0 Å². The SMILES string of the molecule is CCNC(=O)[C@@]1(Cc2ccc(-c3ccc(C)cc3)cc2)CCCN(C(=O)c2cnccn2)C1. The number of carbonyl (C=O) groups excluding carboxylic acids is 2. The van der Waals surface area contributed by atoms with Gasteiger partial charge in [-0.2, -0.15) is 0 Å². The molecule has 170 valence electrons. The first-order chi connectivity index (χ1) is 16.0. The van der Waals surface area contributed by atoms with Gasteiger partial charge < -0.3 is 10.2 Å². The van der Waals surface area contributed by atoms with Crippen LogP contribution in [-0.2, 0) is 11.2 Å². The monoisotopic (exact) mass is 442 g/mol. The zero-order valence-corrected chi connectivity index (χ0v) is 19.3. The lowest BCUT2D eigenvalue weighted by molar-refractivity contribution is -0.133. The minimum atomic E-state index is -0.669. The Balaban J connectivity index is 1.57. The Bertz CT molecular complexity index is 1100. The second-order valence-corrected chi connectivity index (χ2v) is 8.80. The van der Waals surface area contributed by atoms with E-state index in [0.717, 1.165) is 24.0 Å². The molecular weight excluding hydrogens is 412 g/mol. The molecule has 2 aromatic carbocycles. The molecule has 2 heterocycles. The Kier molecular flexibility index (Phi) is 6.82. The quantitative estimate of drug-likeness (QED) is 0.625. The number of nitrogens with zero attached hydrogens (tertiary/aromatic N) is 3. The van der Waals surface area contributed by atoms with Gasteiger partial charge in [0, 0.05) is 32.0 Å². The van der Waals surface area contributed by atoms with Crippen molar-refractivity contribution < 1.29 is 9.59 Å². The molecule has 0 unspecified atom stereocenters. The molecule has 0 saturated carbocycles. The maximum Gasteiger partial charge on any atom is 0.274 e. The van der Waals surface area contributed by atoms with Crippen molar-refractivity contribution in [2.24, 2.45) is 5.41 Å². The summed E-state index contributed by atoms with van der Waals surface area (Å²) in [6.45, 7) is 5.55. The van der Waals surface area contributed by atoms with Crippen molar-refractivity contribution in [1.82, 2.24) is 20.2 Å². The van der Waals surface area contributed by atoms with Gasteiger partial charge in [0.15, 0.2) is 0 Å². The average molecular weight is 443 g/mol. The summed E-state index contributed by atoms with van der Waals surface area (Å²) in [7, 11) is 0. The van der Waals surface area contributed by atoms with Gasteiger partial charge >= 0.3 is 0 Å². The largest absolute Gasteiger partial charge is 0.356 e. The van der Waals surface area contributed by atoms with E-state index in [4.69, 9.17) is 0 Å². The summed E-state index contributed by atoms with van der Waals surface area (Å²) in [5.74, 6) is -0.171. The molecule has 3 aromatic rings. The van der Waals surface area contributed by atoms with Crippen molar-refractivity contribution in [3.8, 4) is 11.1 Å². The molecule has 0 bridgehead atoms. The molecule has 0 aliphatic carbocycles. The van der Waals surface area contributed by atoms with Crippen LogP contribution >= 0.6 is 0 Å². The Hall–Kier alpha value is -3.54. The Morgan fingerprint density at radius 2 is 1.73 bits per heavy atom. The van der Waals surface area contributed by atoms with Gasteiger partial charge in [-0.25, -0.2) is 4.98 Å². The number of likely N-dealkylation sites (tertiary alicyclic amines) is 1. The number of hydrogen-bond acceptors (Lipinski definition) is 4. The van der Waals surface area contributed by atoms with Crippen molar-refractivity contribution in [1.29, 1.82) is 0 Å². The Morgan fingerprint density at radius 1 is 1.03 bits per heavy atom. The van der Waals surface area contributed by atoms with Gasteiger partial charge in [-0.1, -0.05) is 54.1 Å². The first-order valence-electron chi connectivity index (χ1n) is 11.5. The Labute approximate surface area is 195 Å². The summed E-state index contributed by atoms with van der Waals surface area (Å²) in [5, 5.41) is 3.01.